The largest absolute Gasteiger partial charge is 0.417 e. The number of carbonyl (C=O) groups excluding carboxylic acids is 2. The van der Waals surface area contributed by atoms with Crippen LogP contribution in [0.1, 0.15) is 42.2 Å². The van der Waals surface area contributed by atoms with E-state index in [-0.39, 0.29) is 17.7 Å². The summed E-state index contributed by atoms with van der Waals surface area (Å²) in [7, 11) is 0. The lowest BCUT2D eigenvalue weighted by Gasteiger charge is -2.32. The summed E-state index contributed by atoms with van der Waals surface area (Å²) in [5.74, 6) is -0.650. The van der Waals surface area contributed by atoms with Gasteiger partial charge in [-0.3, -0.25) is 14.9 Å². The standard InChI is InChI=1S/C24H22F3N3O2/c1-14(16-11-12-19(24(25,26)27)18-10-6-5-9-17(16)18)28-23(32)20-13-21(31)30-22(29-20)15-7-3-2-4-8-15/h2-12,14,20,22,29H,13H2,1H3,(H,28,32)(H,30,31)/t14-,20?,22?/m1/s1. The van der Waals surface area contributed by atoms with E-state index in [2.05, 4.69) is 16.0 Å². The molecule has 3 aromatic rings. The molecule has 0 bridgehead atoms. The first kappa shape index (κ1) is 21.8. The van der Waals surface area contributed by atoms with Crippen LogP contribution in [-0.4, -0.2) is 17.9 Å². The van der Waals surface area contributed by atoms with Gasteiger partial charge < -0.3 is 10.6 Å². The lowest BCUT2D eigenvalue weighted by molar-refractivity contribution is -0.136. The van der Waals surface area contributed by atoms with Crippen molar-refractivity contribution < 1.29 is 22.8 Å². The summed E-state index contributed by atoms with van der Waals surface area (Å²) < 4.78 is 40.2. The Labute approximate surface area is 183 Å². The highest BCUT2D eigenvalue weighted by Gasteiger charge is 2.34. The van der Waals surface area contributed by atoms with Gasteiger partial charge in [0, 0.05) is 0 Å². The molecular weight excluding hydrogens is 419 g/mol. The van der Waals surface area contributed by atoms with Crippen molar-refractivity contribution in [2.75, 3.05) is 0 Å². The number of carbonyl (C=O) groups is 2. The highest BCUT2D eigenvalue weighted by atomic mass is 19.4. The molecule has 0 radical (unpaired) electrons. The van der Waals surface area contributed by atoms with Gasteiger partial charge in [-0.05, 0) is 34.9 Å². The fraction of sp³-hybridized carbons (Fsp3) is 0.250. The van der Waals surface area contributed by atoms with Crippen LogP contribution in [0.3, 0.4) is 0 Å². The lowest BCUT2D eigenvalue weighted by Crippen LogP contribution is -2.56. The minimum absolute atomic E-state index is 0.0321. The fourth-order valence-corrected chi connectivity index (χ4v) is 4.04. The Morgan fingerprint density at radius 2 is 1.66 bits per heavy atom. The number of hydrogen-bond acceptors (Lipinski definition) is 3. The summed E-state index contributed by atoms with van der Waals surface area (Å²) in [5, 5.41) is 9.29. The van der Waals surface area contributed by atoms with E-state index >= 15 is 0 Å². The van der Waals surface area contributed by atoms with Gasteiger partial charge in [0.1, 0.15) is 6.17 Å². The number of benzene rings is 3. The predicted molar refractivity (Wildman–Crippen MR) is 114 cm³/mol. The third kappa shape index (κ3) is 4.45. The van der Waals surface area contributed by atoms with Crippen LogP contribution >= 0.6 is 0 Å². The summed E-state index contributed by atoms with van der Waals surface area (Å²) in [4.78, 5) is 25.1. The van der Waals surface area contributed by atoms with Crippen LogP contribution in [0.25, 0.3) is 10.8 Å². The summed E-state index contributed by atoms with van der Waals surface area (Å²) in [5.41, 5.74) is 0.675. The number of hydrogen-bond donors (Lipinski definition) is 3. The van der Waals surface area contributed by atoms with E-state index in [0.29, 0.717) is 10.9 Å². The molecule has 3 N–H and O–H groups in total. The van der Waals surface area contributed by atoms with Gasteiger partial charge in [-0.1, -0.05) is 60.7 Å². The summed E-state index contributed by atoms with van der Waals surface area (Å²) in [6.45, 7) is 1.71. The molecular formula is C24H22F3N3O2. The van der Waals surface area contributed by atoms with Gasteiger partial charge in [0.15, 0.2) is 0 Å². The molecule has 4 rings (SSSR count). The molecule has 1 aliphatic heterocycles. The van der Waals surface area contributed by atoms with Gasteiger partial charge in [-0.25, -0.2) is 0 Å². The fourth-order valence-electron chi connectivity index (χ4n) is 4.04. The van der Waals surface area contributed by atoms with E-state index in [1.807, 2.05) is 30.3 Å². The van der Waals surface area contributed by atoms with Gasteiger partial charge >= 0.3 is 6.18 Å². The molecule has 1 aliphatic rings. The van der Waals surface area contributed by atoms with Crippen molar-refractivity contribution in [3.05, 3.63) is 83.4 Å². The lowest BCUT2D eigenvalue weighted by atomic mass is 9.95. The van der Waals surface area contributed by atoms with Crippen molar-refractivity contribution in [2.24, 2.45) is 0 Å². The monoisotopic (exact) mass is 441 g/mol. The molecule has 32 heavy (non-hydrogen) atoms. The smallest absolute Gasteiger partial charge is 0.348 e. The molecule has 0 spiro atoms. The number of alkyl halides is 3. The highest BCUT2D eigenvalue weighted by Crippen LogP contribution is 2.37. The molecule has 0 aliphatic carbocycles. The molecule has 5 nitrogen and oxygen atoms in total. The molecule has 1 saturated heterocycles. The Morgan fingerprint density at radius 3 is 2.34 bits per heavy atom. The number of amides is 2. The van der Waals surface area contributed by atoms with Crippen molar-refractivity contribution in [2.45, 2.75) is 37.8 Å². The zero-order chi connectivity index (χ0) is 22.9. The second kappa shape index (κ2) is 8.63. The van der Waals surface area contributed by atoms with Crippen molar-refractivity contribution in [3.8, 4) is 0 Å². The van der Waals surface area contributed by atoms with Gasteiger partial charge in [0.25, 0.3) is 0 Å². The van der Waals surface area contributed by atoms with Crippen LogP contribution in [0.5, 0.6) is 0 Å². The zero-order valence-electron chi connectivity index (χ0n) is 17.2. The highest BCUT2D eigenvalue weighted by molar-refractivity contribution is 5.92. The molecule has 166 valence electrons. The van der Waals surface area contributed by atoms with Gasteiger partial charge in [-0.2, -0.15) is 13.2 Å². The van der Waals surface area contributed by atoms with Crippen LogP contribution in [0.4, 0.5) is 13.2 Å². The zero-order valence-corrected chi connectivity index (χ0v) is 17.2. The molecule has 1 heterocycles. The SMILES string of the molecule is C[C@@H](NC(=O)C1CC(=O)NC(c2ccccc2)N1)c1ccc(C(F)(F)F)c2ccccc12. The van der Waals surface area contributed by atoms with Crippen LogP contribution in [0.2, 0.25) is 0 Å². The average Bonchev–Trinajstić information content (AvgIpc) is 2.77. The molecule has 3 atom stereocenters. The summed E-state index contributed by atoms with van der Waals surface area (Å²) in [6, 6.07) is 16.6. The van der Waals surface area contributed by atoms with E-state index in [9.17, 15) is 22.8 Å². The van der Waals surface area contributed by atoms with Crippen LogP contribution < -0.4 is 16.0 Å². The van der Waals surface area contributed by atoms with E-state index in [1.54, 1.807) is 25.1 Å². The second-order valence-electron chi connectivity index (χ2n) is 7.81. The topological polar surface area (TPSA) is 70.2 Å². The van der Waals surface area contributed by atoms with E-state index in [1.165, 1.54) is 12.1 Å². The third-order valence-electron chi connectivity index (χ3n) is 5.60. The van der Waals surface area contributed by atoms with Crippen molar-refractivity contribution in [1.29, 1.82) is 0 Å². The van der Waals surface area contributed by atoms with Crippen LogP contribution in [0, 0.1) is 0 Å². The number of fused-ring (bicyclic) bond motifs is 1. The van der Waals surface area contributed by atoms with E-state index in [0.717, 1.165) is 11.6 Å². The normalized spacial score (nSPS) is 19.9. The molecule has 2 unspecified atom stereocenters. The van der Waals surface area contributed by atoms with E-state index < -0.39 is 35.9 Å². The maximum Gasteiger partial charge on any atom is 0.417 e. The first-order valence-electron chi connectivity index (χ1n) is 10.2. The minimum atomic E-state index is -4.48. The van der Waals surface area contributed by atoms with Gasteiger partial charge in [0.2, 0.25) is 11.8 Å². The number of rotatable bonds is 4. The van der Waals surface area contributed by atoms with E-state index in [4.69, 9.17) is 0 Å². The average molecular weight is 441 g/mol. The van der Waals surface area contributed by atoms with Crippen molar-refractivity contribution >= 4 is 22.6 Å². The summed E-state index contributed by atoms with van der Waals surface area (Å²) >= 11 is 0. The Morgan fingerprint density at radius 1 is 1.00 bits per heavy atom. The molecule has 0 aromatic heterocycles. The van der Waals surface area contributed by atoms with Crippen LogP contribution in [0.15, 0.2) is 66.7 Å². The molecule has 2 amide bonds. The predicted octanol–water partition coefficient (Wildman–Crippen LogP) is 4.21. The maximum absolute atomic E-state index is 13.4. The Hall–Kier alpha value is -3.39. The first-order valence-corrected chi connectivity index (χ1v) is 10.2. The maximum atomic E-state index is 13.4. The Balaban J connectivity index is 1.55. The minimum Gasteiger partial charge on any atom is -0.348 e. The first-order chi connectivity index (χ1) is 15.2. The summed E-state index contributed by atoms with van der Waals surface area (Å²) in [6.07, 6.45) is -5.01. The Kier molecular flexibility index (Phi) is 5.88. The quantitative estimate of drug-likeness (QED) is 0.568. The third-order valence-corrected chi connectivity index (χ3v) is 5.60. The molecule has 0 saturated carbocycles. The molecule has 1 fully saturated rings. The molecule has 3 aromatic carbocycles. The van der Waals surface area contributed by atoms with Gasteiger partial charge in [-0.15, -0.1) is 0 Å². The second-order valence-corrected chi connectivity index (χ2v) is 7.81. The van der Waals surface area contributed by atoms with Crippen LogP contribution in [-0.2, 0) is 15.8 Å². The van der Waals surface area contributed by atoms with Crippen molar-refractivity contribution in [1.82, 2.24) is 16.0 Å². The molecule has 8 heteroatoms. The van der Waals surface area contributed by atoms with Crippen molar-refractivity contribution in [3.63, 3.8) is 0 Å². The number of halogens is 3. The number of nitrogens with one attached hydrogen (secondary N) is 3. The Bertz CT molecular complexity index is 1150. The van der Waals surface area contributed by atoms with Gasteiger partial charge in [0.05, 0.1) is 24.1 Å².